The van der Waals surface area contributed by atoms with Gasteiger partial charge in [0.25, 0.3) is 0 Å². The van der Waals surface area contributed by atoms with Crippen molar-refractivity contribution in [2.75, 3.05) is 6.26 Å². The lowest BCUT2D eigenvalue weighted by Crippen LogP contribution is -2.07. The van der Waals surface area contributed by atoms with E-state index in [2.05, 4.69) is 10.1 Å². The second-order valence-electron chi connectivity index (χ2n) is 5.47. The van der Waals surface area contributed by atoms with Crippen molar-refractivity contribution in [2.24, 2.45) is 0 Å². The number of nitrogens with zero attached hydrogens (tertiary/aromatic N) is 3. The number of benzene rings is 1. The molecule has 0 saturated heterocycles. The highest BCUT2D eigenvalue weighted by Crippen LogP contribution is 2.34. The van der Waals surface area contributed by atoms with Crippen molar-refractivity contribution in [1.29, 1.82) is 0 Å². The summed E-state index contributed by atoms with van der Waals surface area (Å²) in [5.41, 5.74) is -1.17. The summed E-state index contributed by atoms with van der Waals surface area (Å²) in [4.78, 5) is 3.57. The summed E-state index contributed by atoms with van der Waals surface area (Å²) in [6.07, 6.45) is -3.86. The molecule has 5 nitrogen and oxygen atoms in total. The molecule has 0 aliphatic carbocycles. The van der Waals surface area contributed by atoms with Crippen LogP contribution in [0, 0.1) is 12.7 Å². The van der Waals surface area contributed by atoms with Gasteiger partial charge in [0.05, 0.1) is 10.7 Å². The van der Waals surface area contributed by atoms with E-state index in [1.54, 1.807) is 6.92 Å². The fourth-order valence-corrected chi connectivity index (χ4v) is 3.61. The first-order chi connectivity index (χ1) is 12.0. The van der Waals surface area contributed by atoms with Gasteiger partial charge in [-0.2, -0.15) is 18.3 Å². The molecular weight excluding hydrogens is 394 g/mol. The van der Waals surface area contributed by atoms with E-state index < -0.39 is 32.4 Å². The minimum absolute atomic E-state index is 0.0450. The highest BCUT2D eigenvalue weighted by atomic mass is 32.2. The molecule has 0 spiro atoms. The molecule has 0 radical (unpaired) electrons. The number of halogens is 4. The third-order valence-corrected chi connectivity index (χ3v) is 5.34. The monoisotopic (exact) mass is 405 g/mol. The number of aromatic nitrogens is 3. The first kappa shape index (κ1) is 18.5. The van der Waals surface area contributed by atoms with Gasteiger partial charge in [-0.05, 0) is 25.1 Å². The van der Waals surface area contributed by atoms with Crippen molar-refractivity contribution in [3.63, 3.8) is 0 Å². The Labute approximate surface area is 149 Å². The molecule has 11 heteroatoms. The molecule has 3 rings (SSSR count). The van der Waals surface area contributed by atoms with Crippen LogP contribution in [0.4, 0.5) is 17.6 Å². The summed E-state index contributed by atoms with van der Waals surface area (Å²) < 4.78 is 77.4. The van der Waals surface area contributed by atoms with Crippen LogP contribution in [0.5, 0.6) is 0 Å². The van der Waals surface area contributed by atoms with Gasteiger partial charge in [-0.25, -0.2) is 22.5 Å². The molecule has 1 aromatic carbocycles. The third kappa shape index (κ3) is 3.49. The predicted molar refractivity (Wildman–Crippen MR) is 87.5 cm³/mol. The van der Waals surface area contributed by atoms with Crippen molar-refractivity contribution in [3.05, 3.63) is 46.2 Å². The first-order valence-corrected chi connectivity index (χ1v) is 9.83. The van der Waals surface area contributed by atoms with Gasteiger partial charge in [0, 0.05) is 17.2 Å². The predicted octanol–water partition coefficient (Wildman–Crippen LogP) is 3.87. The second-order valence-corrected chi connectivity index (χ2v) is 8.51. The van der Waals surface area contributed by atoms with Crippen LogP contribution in [0.3, 0.4) is 0 Å². The third-order valence-electron chi connectivity index (χ3n) is 3.45. The van der Waals surface area contributed by atoms with E-state index in [1.165, 1.54) is 22.8 Å². The fourth-order valence-electron chi connectivity index (χ4n) is 2.31. The highest BCUT2D eigenvalue weighted by Gasteiger charge is 2.35. The SMILES string of the molecule is Cc1nc(-n2nc(C(F)(F)F)cc2-c2ccc(S(C)(=O)=O)c(F)c2)cs1. The van der Waals surface area contributed by atoms with Gasteiger partial charge in [0.15, 0.2) is 21.3 Å². The summed E-state index contributed by atoms with van der Waals surface area (Å²) in [7, 11) is -3.80. The standard InChI is InChI=1S/C15H11F4N3O2S2/c1-8-20-14(7-25-8)22-11(6-13(21-22)15(17,18)19)9-3-4-12(10(16)5-9)26(2,23)24/h3-7H,1-2H3. The molecule has 0 aliphatic rings. The maximum atomic E-state index is 14.2. The Balaban J connectivity index is 2.21. The second kappa shape index (κ2) is 6.16. The first-order valence-electron chi connectivity index (χ1n) is 7.06. The highest BCUT2D eigenvalue weighted by molar-refractivity contribution is 7.90. The molecule has 0 fully saturated rings. The van der Waals surface area contributed by atoms with Crippen molar-refractivity contribution < 1.29 is 26.0 Å². The number of rotatable bonds is 3. The zero-order chi connectivity index (χ0) is 19.3. The van der Waals surface area contributed by atoms with Crippen LogP contribution >= 0.6 is 11.3 Å². The number of thiazole rings is 1. The van der Waals surface area contributed by atoms with Crippen molar-refractivity contribution >= 4 is 21.2 Å². The molecule has 0 aliphatic heterocycles. The van der Waals surface area contributed by atoms with E-state index in [0.29, 0.717) is 5.01 Å². The molecule has 2 heterocycles. The van der Waals surface area contributed by atoms with E-state index >= 15 is 0 Å². The van der Waals surface area contributed by atoms with Gasteiger partial charge in [-0.1, -0.05) is 6.07 Å². The summed E-state index contributed by atoms with van der Waals surface area (Å²) in [5, 5.41) is 5.68. The largest absolute Gasteiger partial charge is 0.435 e. The number of aryl methyl sites for hydroxylation is 1. The van der Waals surface area contributed by atoms with Crippen LogP contribution in [0.2, 0.25) is 0 Å². The lowest BCUT2D eigenvalue weighted by Gasteiger charge is -2.07. The molecule has 0 amide bonds. The van der Waals surface area contributed by atoms with Gasteiger partial charge in [-0.15, -0.1) is 11.3 Å². The maximum absolute atomic E-state index is 14.2. The topological polar surface area (TPSA) is 64.8 Å². The van der Waals surface area contributed by atoms with Crippen LogP contribution < -0.4 is 0 Å². The summed E-state index contributed by atoms with van der Waals surface area (Å²) >= 11 is 1.22. The average Bonchev–Trinajstić information content (AvgIpc) is 3.11. The number of hydrogen-bond donors (Lipinski definition) is 0. The van der Waals surface area contributed by atoms with Gasteiger partial charge in [0.2, 0.25) is 0 Å². The quantitative estimate of drug-likeness (QED) is 0.621. The minimum Gasteiger partial charge on any atom is -0.224 e. The van der Waals surface area contributed by atoms with Crippen LogP contribution in [0.15, 0.2) is 34.5 Å². The van der Waals surface area contributed by atoms with Crippen LogP contribution in [0.1, 0.15) is 10.7 Å². The molecule has 0 saturated carbocycles. The average molecular weight is 405 g/mol. The van der Waals surface area contributed by atoms with Crippen LogP contribution in [-0.2, 0) is 16.0 Å². The van der Waals surface area contributed by atoms with E-state index in [4.69, 9.17) is 0 Å². The molecule has 0 unspecified atom stereocenters. The molecule has 0 N–H and O–H groups in total. The maximum Gasteiger partial charge on any atom is 0.435 e. The van der Waals surface area contributed by atoms with E-state index in [0.717, 1.165) is 29.1 Å². The van der Waals surface area contributed by atoms with Crippen LogP contribution in [-0.4, -0.2) is 29.4 Å². The lowest BCUT2D eigenvalue weighted by atomic mass is 10.1. The van der Waals surface area contributed by atoms with Crippen molar-refractivity contribution in [1.82, 2.24) is 14.8 Å². The Morgan fingerprint density at radius 3 is 2.38 bits per heavy atom. The van der Waals surface area contributed by atoms with Crippen molar-refractivity contribution in [3.8, 4) is 17.1 Å². The Bertz CT molecular complexity index is 1080. The molecular formula is C15H11F4N3O2S2. The Morgan fingerprint density at radius 2 is 1.88 bits per heavy atom. The molecule has 3 aromatic rings. The minimum atomic E-state index is -4.70. The van der Waals surface area contributed by atoms with E-state index in [1.807, 2.05) is 0 Å². The fraction of sp³-hybridized carbons (Fsp3) is 0.200. The number of hydrogen-bond acceptors (Lipinski definition) is 5. The van der Waals surface area contributed by atoms with E-state index in [9.17, 15) is 26.0 Å². The summed E-state index contributed by atoms with van der Waals surface area (Å²) in [5.74, 6) is -0.897. The van der Waals surface area contributed by atoms with Gasteiger partial charge >= 0.3 is 6.18 Å². The number of sulfone groups is 1. The zero-order valence-corrected chi connectivity index (χ0v) is 15.0. The Hall–Kier alpha value is -2.27. The van der Waals surface area contributed by atoms with Gasteiger partial charge < -0.3 is 0 Å². The molecule has 0 bridgehead atoms. The summed E-state index contributed by atoms with van der Waals surface area (Å²) in [6.45, 7) is 1.68. The smallest absolute Gasteiger partial charge is 0.224 e. The lowest BCUT2D eigenvalue weighted by molar-refractivity contribution is -0.141. The molecule has 0 atom stereocenters. The van der Waals surface area contributed by atoms with Crippen molar-refractivity contribution in [2.45, 2.75) is 18.0 Å². The molecule has 2 aromatic heterocycles. The zero-order valence-electron chi connectivity index (χ0n) is 13.4. The van der Waals surface area contributed by atoms with Gasteiger partial charge in [0.1, 0.15) is 10.7 Å². The summed E-state index contributed by atoms with van der Waals surface area (Å²) in [6, 6.07) is 3.87. The number of alkyl halides is 3. The Kier molecular flexibility index (Phi) is 4.39. The normalized spacial score (nSPS) is 12.5. The van der Waals surface area contributed by atoms with E-state index in [-0.39, 0.29) is 17.1 Å². The van der Waals surface area contributed by atoms with Crippen LogP contribution in [0.25, 0.3) is 17.1 Å². The Morgan fingerprint density at radius 1 is 1.19 bits per heavy atom. The molecule has 26 heavy (non-hydrogen) atoms. The molecule has 138 valence electrons. The van der Waals surface area contributed by atoms with Gasteiger partial charge in [-0.3, -0.25) is 0 Å².